The summed E-state index contributed by atoms with van der Waals surface area (Å²) in [6.07, 6.45) is 9.43. The molecule has 0 amide bonds. The van der Waals surface area contributed by atoms with Crippen molar-refractivity contribution in [2.45, 2.75) is 6.92 Å². The van der Waals surface area contributed by atoms with Crippen LogP contribution in [-0.4, -0.2) is 24.1 Å². The van der Waals surface area contributed by atoms with Gasteiger partial charge in [0.05, 0.1) is 12.9 Å². The van der Waals surface area contributed by atoms with E-state index in [0.29, 0.717) is 22.9 Å². The maximum Gasteiger partial charge on any atom is 0.350 e. The van der Waals surface area contributed by atoms with Gasteiger partial charge in [-0.25, -0.2) is 9.78 Å². The average molecular weight is 302 g/mol. The first-order valence-corrected chi connectivity index (χ1v) is 7.43. The zero-order chi connectivity index (χ0) is 14.7. The van der Waals surface area contributed by atoms with Crippen molar-refractivity contribution < 1.29 is 13.9 Å². The molecule has 0 saturated heterocycles. The van der Waals surface area contributed by atoms with E-state index in [4.69, 9.17) is 9.15 Å². The van der Waals surface area contributed by atoms with Crippen molar-refractivity contribution in [3.8, 4) is 11.5 Å². The highest BCUT2D eigenvalue weighted by molar-refractivity contribution is 7.18. The van der Waals surface area contributed by atoms with Crippen molar-refractivity contribution in [3.05, 3.63) is 47.7 Å². The standard InChI is InChI=1S/C15H14N2O3S/c1-2-19-14(18)13-12(11-7-6-10-20-11)16-15(21-13)17-8-4-3-5-9-17/h3-8,10H,2,9H2,1H3. The minimum absolute atomic E-state index is 0.329. The molecule has 2 aromatic heterocycles. The van der Waals surface area contributed by atoms with Crippen molar-refractivity contribution in [3.63, 3.8) is 0 Å². The van der Waals surface area contributed by atoms with Crippen molar-refractivity contribution in [1.82, 2.24) is 4.98 Å². The fourth-order valence-electron chi connectivity index (χ4n) is 1.96. The summed E-state index contributed by atoms with van der Waals surface area (Å²) in [4.78, 5) is 19.1. The third kappa shape index (κ3) is 2.75. The van der Waals surface area contributed by atoms with Crippen LogP contribution in [0.2, 0.25) is 0 Å². The van der Waals surface area contributed by atoms with E-state index in [2.05, 4.69) is 4.98 Å². The van der Waals surface area contributed by atoms with Gasteiger partial charge in [-0.05, 0) is 25.1 Å². The number of allylic oxidation sites excluding steroid dienone is 2. The van der Waals surface area contributed by atoms with Gasteiger partial charge in [-0.1, -0.05) is 23.5 Å². The van der Waals surface area contributed by atoms with E-state index in [0.717, 1.165) is 11.7 Å². The van der Waals surface area contributed by atoms with Crippen LogP contribution in [0.3, 0.4) is 0 Å². The SMILES string of the molecule is CCOC(=O)c1sc(N2C=CC=CC2)nc1-c1ccco1. The topological polar surface area (TPSA) is 55.6 Å². The molecule has 108 valence electrons. The number of ether oxygens (including phenoxy) is 1. The first kappa shape index (κ1) is 13.6. The Hall–Kier alpha value is -2.34. The Morgan fingerprint density at radius 1 is 1.52 bits per heavy atom. The lowest BCUT2D eigenvalue weighted by Crippen LogP contribution is -2.16. The predicted octanol–water partition coefficient (Wildman–Crippen LogP) is 3.47. The summed E-state index contributed by atoms with van der Waals surface area (Å²) in [5.74, 6) is 0.196. The van der Waals surface area contributed by atoms with E-state index < -0.39 is 0 Å². The van der Waals surface area contributed by atoms with E-state index >= 15 is 0 Å². The van der Waals surface area contributed by atoms with Gasteiger partial charge in [-0.2, -0.15) is 0 Å². The molecule has 0 spiro atoms. The summed E-state index contributed by atoms with van der Waals surface area (Å²) in [7, 11) is 0. The van der Waals surface area contributed by atoms with Crippen LogP contribution in [0.1, 0.15) is 16.6 Å². The van der Waals surface area contributed by atoms with Gasteiger partial charge in [0.15, 0.2) is 10.9 Å². The molecule has 0 N–H and O–H groups in total. The maximum absolute atomic E-state index is 12.1. The second-order valence-electron chi connectivity index (χ2n) is 4.29. The lowest BCUT2D eigenvalue weighted by atomic mass is 10.3. The Labute approximate surface area is 126 Å². The summed E-state index contributed by atoms with van der Waals surface area (Å²) >= 11 is 1.31. The number of hydrogen-bond donors (Lipinski definition) is 0. The third-order valence-corrected chi connectivity index (χ3v) is 3.96. The van der Waals surface area contributed by atoms with Crippen LogP contribution >= 0.6 is 11.3 Å². The molecule has 0 aromatic carbocycles. The Morgan fingerprint density at radius 3 is 3.10 bits per heavy atom. The molecule has 0 saturated carbocycles. The highest BCUT2D eigenvalue weighted by Crippen LogP contribution is 2.34. The fourth-order valence-corrected chi connectivity index (χ4v) is 2.91. The number of nitrogens with zero attached hydrogens (tertiary/aromatic N) is 2. The quantitative estimate of drug-likeness (QED) is 0.809. The van der Waals surface area contributed by atoms with Crippen LogP contribution in [0.25, 0.3) is 11.5 Å². The smallest absolute Gasteiger partial charge is 0.350 e. The number of anilines is 1. The number of carbonyl (C=O) groups is 1. The van der Waals surface area contributed by atoms with Gasteiger partial charge in [0, 0.05) is 12.7 Å². The number of rotatable bonds is 4. The summed E-state index contributed by atoms with van der Waals surface area (Å²) < 4.78 is 10.5. The Kier molecular flexibility index (Phi) is 3.87. The first-order chi connectivity index (χ1) is 10.3. The molecule has 6 heteroatoms. The molecular formula is C15H14N2O3S. The van der Waals surface area contributed by atoms with E-state index in [-0.39, 0.29) is 5.97 Å². The van der Waals surface area contributed by atoms with Crippen molar-refractivity contribution in [2.24, 2.45) is 0 Å². The second-order valence-corrected chi connectivity index (χ2v) is 5.27. The van der Waals surface area contributed by atoms with Gasteiger partial charge < -0.3 is 14.1 Å². The molecule has 3 rings (SSSR count). The number of thiazole rings is 1. The van der Waals surface area contributed by atoms with Gasteiger partial charge in [0.25, 0.3) is 0 Å². The largest absolute Gasteiger partial charge is 0.463 e. The molecule has 1 aliphatic rings. The molecule has 0 aliphatic carbocycles. The van der Waals surface area contributed by atoms with E-state index in [1.807, 2.05) is 29.3 Å². The maximum atomic E-state index is 12.1. The average Bonchev–Trinajstić information content (AvgIpc) is 3.17. The molecule has 2 aromatic rings. The van der Waals surface area contributed by atoms with Crippen molar-refractivity contribution >= 4 is 22.4 Å². The van der Waals surface area contributed by atoms with Crippen LogP contribution in [0.4, 0.5) is 5.13 Å². The molecule has 3 heterocycles. The van der Waals surface area contributed by atoms with Gasteiger partial charge in [0.2, 0.25) is 0 Å². The van der Waals surface area contributed by atoms with Crippen LogP contribution < -0.4 is 4.90 Å². The molecule has 5 nitrogen and oxygen atoms in total. The van der Waals surface area contributed by atoms with E-state index in [9.17, 15) is 4.79 Å². The normalized spacial score (nSPS) is 13.7. The summed E-state index contributed by atoms with van der Waals surface area (Å²) in [5.41, 5.74) is 0.529. The molecule has 0 atom stereocenters. The Balaban J connectivity index is 2.00. The molecule has 21 heavy (non-hydrogen) atoms. The summed E-state index contributed by atoms with van der Waals surface area (Å²) in [6, 6.07) is 3.56. The highest BCUT2D eigenvalue weighted by atomic mass is 32.1. The third-order valence-electron chi connectivity index (χ3n) is 2.89. The lowest BCUT2D eigenvalue weighted by molar-refractivity contribution is 0.0532. The van der Waals surface area contributed by atoms with Gasteiger partial charge in [-0.15, -0.1) is 0 Å². The second kappa shape index (κ2) is 5.97. The molecular weight excluding hydrogens is 288 g/mol. The van der Waals surface area contributed by atoms with Crippen LogP contribution in [0.15, 0.2) is 47.2 Å². The first-order valence-electron chi connectivity index (χ1n) is 6.61. The summed E-state index contributed by atoms with van der Waals surface area (Å²) in [6.45, 7) is 2.84. The van der Waals surface area contributed by atoms with Crippen molar-refractivity contribution in [1.29, 1.82) is 0 Å². The van der Waals surface area contributed by atoms with E-state index in [1.165, 1.54) is 11.3 Å². The number of furan rings is 1. The number of carbonyl (C=O) groups excluding carboxylic acids is 1. The number of aromatic nitrogens is 1. The molecule has 0 unspecified atom stereocenters. The van der Waals surface area contributed by atoms with E-state index in [1.54, 1.807) is 25.3 Å². The molecule has 0 fully saturated rings. The summed E-state index contributed by atoms with van der Waals surface area (Å²) in [5, 5.41) is 0.741. The zero-order valence-electron chi connectivity index (χ0n) is 11.5. The minimum atomic E-state index is -0.371. The Bertz CT molecular complexity index is 686. The number of hydrogen-bond acceptors (Lipinski definition) is 6. The van der Waals surface area contributed by atoms with Gasteiger partial charge >= 0.3 is 5.97 Å². The molecule has 0 radical (unpaired) electrons. The Morgan fingerprint density at radius 2 is 2.43 bits per heavy atom. The van der Waals surface area contributed by atoms with Crippen molar-refractivity contribution in [2.75, 3.05) is 18.1 Å². The lowest BCUT2D eigenvalue weighted by Gasteiger charge is -2.16. The fraction of sp³-hybridized carbons (Fsp3) is 0.200. The minimum Gasteiger partial charge on any atom is -0.463 e. The van der Waals surface area contributed by atoms with Crippen LogP contribution in [0.5, 0.6) is 0 Å². The molecule has 0 bridgehead atoms. The van der Waals surface area contributed by atoms with Gasteiger partial charge in [-0.3, -0.25) is 0 Å². The predicted molar refractivity (Wildman–Crippen MR) is 81.4 cm³/mol. The number of esters is 1. The van der Waals surface area contributed by atoms with Crippen LogP contribution in [0, 0.1) is 0 Å². The monoisotopic (exact) mass is 302 g/mol. The van der Waals surface area contributed by atoms with Gasteiger partial charge in [0.1, 0.15) is 10.6 Å². The molecule has 1 aliphatic heterocycles. The zero-order valence-corrected chi connectivity index (χ0v) is 12.3. The van der Waals surface area contributed by atoms with Crippen LogP contribution in [-0.2, 0) is 4.74 Å². The highest BCUT2D eigenvalue weighted by Gasteiger charge is 2.24.